The van der Waals surface area contributed by atoms with Crippen LogP contribution in [0.4, 0.5) is 0 Å². The molecule has 0 radical (unpaired) electrons. The number of aromatic amines is 1. The second kappa shape index (κ2) is 7.49. The van der Waals surface area contributed by atoms with Gasteiger partial charge in [-0.05, 0) is 56.3 Å². The number of benzene rings is 1. The van der Waals surface area contributed by atoms with Gasteiger partial charge in [0.2, 0.25) is 0 Å². The van der Waals surface area contributed by atoms with Crippen molar-refractivity contribution in [3.8, 4) is 17.0 Å². The molecule has 1 aliphatic rings. The van der Waals surface area contributed by atoms with Crippen molar-refractivity contribution in [2.75, 3.05) is 26.7 Å². The molecule has 1 aromatic carbocycles. The van der Waals surface area contributed by atoms with Crippen LogP contribution in [0.5, 0.6) is 5.75 Å². The second-order valence-electron chi connectivity index (χ2n) is 6.03. The number of nitrogens with one attached hydrogen (secondary N) is 2. The smallest absolute Gasteiger partial charge is 0.269 e. The van der Waals surface area contributed by atoms with Crippen LogP contribution < -0.4 is 10.1 Å². The lowest BCUT2D eigenvalue weighted by Crippen LogP contribution is -2.40. The zero-order chi connectivity index (χ0) is 16.9. The van der Waals surface area contributed by atoms with E-state index < -0.39 is 0 Å². The van der Waals surface area contributed by atoms with Gasteiger partial charge in [-0.25, -0.2) is 0 Å². The van der Waals surface area contributed by atoms with Crippen molar-refractivity contribution in [3.05, 3.63) is 36.0 Å². The van der Waals surface area contributed by atoms with Gasteiger partial charge in [-0.2, -0.15) is 5.10 Å². The molecule has 1 aliphatic heterocycles. The summed E-state index contributed by atoms with van der Waals surface area (Å²) >= 11 is 0. The van der Waals surface area contributed by atoms with Gasteiger partial charge in [0, 0.05) is 18.2 Å². The van der Waals surface area contributed by atoms with E-state index in [-0.39, 0.29) is 5.91 Å². The first kappa shape index (κ1) is 16.5. The Labute approximate surface area is 142 Å². The van der Waals surface area contributed by atoms with Crippen molar-refractivity contribution < 1.29 is 9.53 Å². The van der Waals surface area contributed by atoms with E-state index in [4.69, 9.17) is 4.74 Å². The van der Waals surface area contributed by atoms with Crippen LogP contribution in [0.25, 0.3) is 11.3 Å². The molecule has 0 bridgehead atoms. The molecule has 0 saturated carbocycles. The Balaban J connectivity index is 1.61. The maximum atomic E-state index is 12.3. The van der Waals surface area contributed by atoms with Crippen LogP contribution in [-0.2, 0) is 0 Å². The predicted molar refractivity (Wildman–Crippen MR) is 93.2 cm³/mol. The van der Waals surface area contributed by atoms with Crippen LogP contribution in [-0.4, -0.2) is 53.8 Å². The molecule has 1 aromatic heterocycles. The Morgan fingerprint density at radius 3 is 2.92 bits per heavy atom. The predicted octanol–water partition coefficient (Wildman–Crippen LogP) is 2.30. The van der Waals surface area contributed by atoms with Gasteiger partial charge in [-0.3, -0.25) is 14.8 Å². The number of aromatic nitrogens is 2. The van der Waals surface area contributed by atoms with Gasteiger partial charge in [0.25, 0.3) is 5.91 Å². The van der Waals surface area contributed by atoms with E-state index >= 15 is 0 Å². The zero-order valence-electron chi connectivity index (χ0n) is 14.2. The maximum Gasteiger partial charge on any atom is 0.269 e. The fourth-order valence-corrected chi connectivity index (χ4v) is 3.20. The standard InChI is InChI=1S/C18H24N4O2/c1-3-22-10-4-5-14(22)12-19-18(23)17-11-16(20-21-17)13-6-8-15(24-2)9-7-13/h6-9,11,14H,3-5,10,12H2,1-2H3,(H,19,23)(H,20,21). The third-order valence-corrected chi connectivity index (χ3v) is 4.61. The molecule has 2 aromatic rings. The summed E-state index contributed by atoms with van der Waals surface area (Å²) in [5.41, 5.74) is 2.18. The summed E-state index contributed by atoms with van der Waals surface area (Å²) in [7, 11) is 1.63. The van der Waals surface area contributed by atoms with Gasteiger partial charge in [0.1, 0.15) is 11.4 Å². The van der Waals surface area contributed by atoms with Gasteiger partial charge in [0.05, 0.1) is 12.8 Å². The molecule has 24 heavy (non-hydrogen) atoms. The summed E-state index contributed by atoms with van der Waals surface area (Å²) in [6, 6.07) is 9.83. The maximum absolute atomic E-state index is 12.3. The van der Waals surface area contributed by atoms with E-state index in [2.05, 4.69) is 27.3 Å². The molecule has 1 unspecified atom stereocenters. The number of methoxy groups -OCH3 is 1. The Hall–Kier alpha value is -2.34. The van der Waals surface area contributed by atoms with Gasteiger partial charge >= 0.3 is 0 Å². The van der Waals surface area contributed by atoms with Crippen molar-refractivity contribution >= 4 is 5.91 Å². The number of amides is 1. The van der Waals surface area contributed by atoms with Crippen LogP contribution in [0.15, 0.2) is 30.3 Å². The number of likely N-dealkylation sites (N-methyl/N-ethyl adjacent to an activating group) is 1. The van der Waals surface area contributed by atoms with Crippen LogP contribution in [0, 0.1) is 0 Å². The van der Waals surface area contributed by atoms with E-state index in [1.165, 1.54) is 6.42 Å². The molecule has 3 rings (SSSR count). The van der Waals surface area contributed by atoms with Gasteiger partial charge in [-0.1, -0.05) is 6.92 Å². The molecule has 6 heteroatoms. The lowest BCUT2D eigenvalue weighted by atomic mass is 10.1. The minimum Gasteiger partial charge on any atom is -0.497 e. The van der Waals surface area contributed by atoms with Crippen molar-refractivity contribution in [2.45, 2.75) is 25.8 Å². The van der Waals surface area contributed by atoms with Crippen molar-refractivity contribution in [3.63, 3.8) is 0 Å². The summed E-state index contributed by atoms with van der Waals surface area (Å²) in [5.74, 6) is 0.689. The lowest BCUT2D eigenvalue weighted by Gasteiger charge is -2.22. The average Bonchev–Trinajstić information content (AvgIpc) is 3.29. The first-order valence-electron chi connectivity index (χ1n) is 8.43. The molecule has 2 N–H and O–H groups in total. The number of likely N-dealkylation sites (tertiary alicyclic amines) is 1. The quantitative estimate of drug-likeness (QED) is 0.854. The molecule has 128 valence electrons. The van der Waals surface area contributed by atoms with Gasteiger partial charge < -0.3 is 10.1 Å². The zero-order valence-corrected chi connectivity index (χ0v) is 14.2. The molecule has 2 heterocycles. The van der Waals surface area contributed by atoms with Crippen molar-refractivity contribution in [1.29, 1.82) is 0 Å². The summed E-state index contributed by atoms with van der Waals surface area (Å²) in [6.07, 6.45) is 2.36. The van der Waals surface area contributed by atoms with E-state index in [9.17, 15) is 4.79 Å². The summed E-state index contributed by atoms with van der Waals surface area (Å²) in [4.78, 5) is 14.7. The van der Waals surface area contributed by atoms with E-state index in [1.54, 1.807) is 13.2 Å². The number of carbonyl (C=O) groups excluding carboxylic acids is 1. The molecule has 1 fully saturated rings. The number of H-pyrrole nitrogens is 1. The van der Waals surface area contributed by atoms with Gasteiger partial charge in [0.15, 0.2) is 0 Å². The SMILES string of the molecule is CCN1CCCC1CNC(=O)c1cc(-c2ccc(OC)cc2)n[nH]1. The molecular weight excluding hydrogens is 304 g/mol. The highest BCUT2D eigenvalue weighted by Gasteiger charge is 2.23. The number of rotatable bonds is 6. The van der Waals surface area contributed by atoms with Crippen LogP contribution in [0.3, 0.4) is 0 Å². The van der Waals surface area contributed by atoms with Crippen LogP contribution in [0.2, 0.25) is 0 Å². The minimum atomic E-state index is -0.106. The number of carbonyl (C=O) groups is 1. The van der Waals surface area contributed by atoms with Crippen molar-refractivity contribution in [1.82, 2.24) is 20.4 Å². The van der Waals surface area contributed by atoms with Crippen LogP contribution >= 0.6 is 0 Å². The van der Waals surface area contributed by atoms with Crippen LogP contribution in [0.1, 0.15) is 30.3 Å². The number of hydrogen-bond acceptors (Lipinski definition) is 4. The fraction of sp³-hybridized carbons (Fsp3) is 0.444. The third kappa shape index (κ3) is 3.59. The minimum absolute atomic E-state index is 0.106. The first-order valence-corrected chi connectivity index (χ1v) is 8.43. The second-order valence-corrected chi connectivity index (χ2v) is 6.03. The highest BCUT2D eigenvalue weighted by Crippen LogP contribution is 2.21. The molecule has 0 spiro atoms. The molecule has 1 amide bonds. The molecule has 6 nitrogen and oxygen atoms in total. The lowest BCUT2D eigenvalue weighted by molar-refractivity contribution is 0.0936. The summed E-state index contributed by atoms with van der Waals surface area (Å²) in [5, 5.41) is 10.1. The Morgan fingerprint density at radius 2 is 2.21 bits per heavy atom. The molecule has 1 saturated heterocycles. The normalized spacial score (nSPS) is 17.8. The molecule has 1 atom stereocenters. The van der Waals surface area contributed by atoms with E-state index in [1.807, 2.05) is 24.3 Å². The monoisotopic (exact) mass is 328 g/mol. The Kier molecular flexibility index (Phi) is 5.15. The third-order valence-electron chi connectivity index (χ3n) is 4.61. The fourth-order valence-electron chi connectivity index (χ4n) is 3.20. The first-order chi connectivity index (χ1) is 11.7. The number of nitrogens with zero attached hydrogens (tertiary/aromatic N) is 2. The number of ether oxygens (including phenoxy) is 1. The largest absolute Gasteiger partial charge is 0.497 e. The topological polar surface area (TPSA) is 70.2 Å². The highest BCUT2D eigenvalue weighted by atomic mass is 16.5. The molecular formula is C18H24N4O2. The Bertz CT molecular complexity index is 681. The number of hydrogen-bond donors (Lipinski definition) is 2. The van der Waals surface area contributed by atoms with E-state index in [0.29, 0.717) is 18.3 Å². The highest BCUT2D eigenvalue weighted by molar-refractivity contribution is 5.93. The average molecular weight is 328 g/mol. The van der Waals surface area contributed by atoms with E-state index in [0.717, 1.165) is 36.5 Å². The van der Waals surface area contributed by atoms with Crippen molar-refractivity contribution in [2.24, 2.45) is 0 Å². The summed E-state index contributed by atoms with van der Waals surface area (Å²) < 4.78 is 5.15. The summed E-state index contributed by atoms with van der Waals surface area (Å²) in [6.45, 7) is 5.01. The molecule has 0 aliphatic carbocycles. The Morgan fingerprint density at radius 1 is 1.42 bits per heavy atom. The van der Waals surface area contributed by atoms with Gasteiger partial charge in [-0.15, -0.1) is 0 Å².